The summed E-state index contributed by atoms with van der Waals surface area (Å²) in [6.45, 7) is 1.93. The lowest BCUT2D eigenvalue weighted by Crippen LogP contribution is -2.17. The number of H-pyrrole nitrogens is 1. The first-order chi connectivity index (χ1) is 7.99. The second-order valence-electron chi connectivity index (χ2n) is 3.98. The summed E-state index contributed by atoms with van der Waals surface area (Å²) < 4.78 is 3.49. The van der Waals surface area contributed by atoms with Crippen LogP contribution in [0, 0.1) is 4.77 Å². The number of amides is 1. The number of nitrogens with zero attached hydrogens (tertiary/aromatic N) is 1. The van der Waals surface area contributed by atoms with E-state index in [1.165, 1.54) is 0 Å². The summed E-state index contributed by atoms with van der Waals surface area (Å²) in [5.74, 6) is -0.330. The third kappa shape index (κ3) is 2.42. The number of aromatic amines is 1. The molecule has 17 heavy (non-hydrogen) atoms. The molecule has 1 unspecified atom stereocenters. The summed E-state index contributed by atoms with van der Waals surface area (Å²) in [6, 6.07) is 5.81. The van der Waals surface area contributed by atoms with E-state index < -0.39 is 0 Å². The molecule has 0 aliphatic carbocycles. The molecule has 2 rings (SSSR count). The number of hydrogen-bond acceptors (Lipinski definition) is 2. The summed E-state index contributed by atoms with van der Waals surface area (Å²) >= 11 is 8.69. The van der Waals surface area contributed by atoms with Crippen molar-refractivity contribution in [3.63, 3.8) is 0 Å². The van der Waals surface area contributed by atoms with Crippen LogP contribution in [0.25, 0.3) is 11.0 Å². The minimum atomic E-state index is -0.330. The number of carbonyl (C=O) groups excluding carboxylic acids is 1. The zero-order chi connectivity index (χ0) is 12.6. The zero-order valence-electron chi connectivity index (χ0n) is 9.24. The van der Waals surface area contributed by atoms with Crippen LogP contribution in [0.1, 0.15) is 19.4 Å². The molecular formula is C11H12BrN3OS. The molecular weight excluding hydrogens is 302 g/mol. The van der Waals surface area contributed by atoms with Crippen LogP contribution >= 0.6 is 28.1 Å². The molecule has 1 amide bonds. The van der Waals surface area contributed by atoms with Crippen LogP contribution < -0.4 is 5.73 Å². The number of rotatable bonds is 3. The van der Waals surface area contributed by atoms with E-state index in [2.05, 4.69) is 20.9 Å². The van der Waals surface area contributed by atoms with Gasteiger partial charge in [0.2, 0.25) is 5.91 Å². The first-order valence-corrected chi connectivity index (χ1v) is 6.37. The van der Waals surface area contributed by atoms with Gasteiger partial charge in [-0.3, -0.25) is 4.79 Å². The quantitative estimate of drug-likeness (QED) is 0.856. The van der Waals surface area contributed by atoms with Crippen molar-refractivity contribution in [2.24, 2.45) is 5.73 Å². The summed E-state index contributed by atoms with van der Waals surface area (Å²) in [6.07, 6.45) is 0.272. The molecule has 1 aromatic carbocycles. The van der Waals surface area contributed by atoms with Crippen molar-refractivity contribution >= 4 is 45.1 Å². The van der Waals surface area contributed by atoms with Crippen molar-refractivity contribution in [3.8, 4) is 0 Å². The Kier molecular flexibility index (Phi) is 3.35. The van der Waals surface area contributed by atoms with Crippen LogP contribution in [-0.2, 0) is 4.79 Å². The Hall–Kier alpha value is -1.14. The third-order valence-electron chi connectivity index (χ3n) is 2.62. The van der Waals surface area contributed by atoms with Gasteiger partial charge in [-0.1, -0.05) is 15.9 Å². The molecule has 0 saturated carbocycles. The van der Waals surface area contributed by atoms with Crippen LogP contribution in [0.2, 0.25) is 0 Å². The Morgan fingerprint density at radius 3 is 3.00 bits per heavy atom. The molecule has 4 nitrogen and oxygen atoms in total. The lowest BCUT2D eigenvalue weighted by Gasteiger charge is -2.12. The average molecular weight is 314 g/mol. The summed E-state index contributed by atoms with van der Waals surface area (Å²) in [4.78, 5) is 14.1. The molecule has 2 aromatic rings. The molecule has 0 aliphatic rings. The molecule has 0 fully saturated rings. The standard InChI is InChI=1S/C11H12BrN3OS/c1-6(4-10(13)16)15-9-5-7(12)2-3-8(9)14-11(15)17/h2-3,5-6H,4H2,1H3,(H2,13,16)(H,14,17). The predicted octanol–water partition coefficient (Wildman–Crippen LogP) is 2.90. The number of nitrogens with two attached hydrogens (primary N) is 1. The molecule has 3 N–H and O–H groups in total. The second-order valence-corrected chi connectivity index (χ2v) is 5.28. The lowest BCUT2D eigenvalue weighted by molar-refractivity contribution is -0.118. The van der Waals surface area contributed by atoms with E-state index in [1.54, 1.807) is 0 Å². The monoisotopic (exact) mass is 313 g/mol. The molecule has 1 aromatic heterocycles. The van der Waals surface area contributed by atoms with E-state index in [0.29, 0.717) is 4.77 Å². The molecule has 1 heterocycles. The Balaban J connectivity index is 2.59. The maximum atomic E-state index is 11.0. The van der Waals surface area contributed by atoms with Crippen molar-refractivity contribution < 1.29 is 4.79 Å². The molecule has 0 saturated heterocycles. The van der Waals surface area contributed by atoms with Crippen LogP contribution in [0.4, 0.5) is 0 Å². The van der Waals surface area contributed by atoms with Crippen LogP contribution in [0.5, 0.6) is 0 Å². The number of carbonyl (C=O) groups is 1. The van der Waals surface area contributed by atoms with Gasteiger partial charge in [0, 0.05) is 16.9 Å². The van der Waals surface area contributed by atoms with Gasteiger partial charge in [-0.25, -0.2) is 0 Å². The fourth-order valence-corrected chi connectivity index (χ4v) is 2.65. The number of halogens is 1. The van der Waals surface area contributed by atoms with Gasteiger partial charge in [-0.2, -0.15) is 0 Å². The van der Waals surface area contributed by atoms with Crippen molar-refractivity contribution in [2.45, 2.75) is 19.4 Å². The highest BCUT2D eigenvalue weighted by atomic mass is 79.9. The average Bonchev–Trinajstić information content (AvgIpc) is 2.52. The maximum Gasteiger partial charge on any atom is 0.219 e. The first-order valence-electron chi connectivity index (χ1n) is 5.17. The number of nitrogens with one attached hydrogen (secondary N) is 1. The van der Waals surface area contributed by atoms with E-state index in [1.807, 2.05) is 29.7 Å². The Bertz CT molecular complexity index is 631. The van der Waals surface area contributed by atoms with Gasteiger partial charge in [0.05, 0.1) is 11.0 Å². The van der Waals surface area contributed by atoms with Gasteiger partial charge in [0.15, 0.2) is 4.77 Å². The predicted molar refractivity (Wildman–Crippen MR) is 73.3 cm³/mol. The highest BCUT2D eigenvalue weighted by molar-refractivity contribution is 9.10. The topological polar surface area (TPSA) is 63.8 Å². The minimum absolute atomic E-state index is 0.0527. The van der Waals surface area contributed by atoms with Crippen LogP contribution in [0.3, 0.4) is 0 Å². The number of primary amides is 1. The van der Waals surface area contributed by atoms with Gasteiger partial charge in [0.25, 0.3) is 0 Å². The normalized spacial score (nSPS) is 12.8. The SMILES string of the molecule is CC(CC(N)=O)n1c(=S)[nH]c2ccc(Br)cc21. The van der Waals surface area contributed by atoms with Crippen molar-refractivity contribution in [1.82, 2.24) is 9.55 Å². The molecule has 0 bridgehead atoms. The van der Waals surface area contributed by atoms with Crippen molar-refractivity contribution in [1.29, 1.82) is 0 Å². The summed E-state index contributed by atoms with van der Waals surface area (Å²) in [5, 5.41) is 0. The summed E-state index contributed by atoms with van der Waals surface area (Å²) in [5.41, 5.74) is 7.14. The smallest absolute Gasteiger partial charge is 0.219 e. The first kappa shape index (κ1) is 12.3. The van der Waals surface area contributed by atoms with Gasteiger partial charge in [0.1, 0.15) is 0 Å². The fraction of sp³-hybridized carbons (Fsp3) is 0.273. The van der Waals surface area contributed by atoms with Gasteiger partial charge >= 0.3 is 0 Å². The largest absolute Gasteiger partial charge is 0.370 e. The molecule has 0 spiro atoms. The van der Waals surface area contributed by atoms with Gasteiger partial charge < -0.3 is 15.3 Å². The van der Waals surface area contributed by atoms with E-state index in [4.69, 9.17) is 18.0 Å². The number of fused-ring (bicyclic) bond motifs is 1. The van der Waals surface area contributed by atoms with Crippen molar-refractivity contribution in [3.05, 3.63) is 27.4 Å². The fourth-order valence-electron chi connectivity index (χ4n) is 1.91. The number of imidazole rings is 1. The molecule has 0 radical (unpaired) electrons. The zero-order valence-corrected chi connectivity index (χ0v) is 11.6. The Morgan fingerprint density at radius 2 is 2.35 bits per heavy atom. The van der Waals surface area contributed by atoms with Gasteiger partial charge in [-0.15, -0.1) is 0 Å². The number of aromatic nitrogens is 2. The number of hydrogen-bond donors (Lipinski definition) is 2. The highest BCUT2D eigenvalue weighted by Gasteiger charge is 2.13. The minimum Gasteiger partial charge on any atom is -0.370 e. The van der Waals surface area contributed by atoms with Crippen LogP contribution in [-0.4, -0.2) is 15.5 Å². The third-order valence-corrected chi connectivity index (χ3v) is 3.41. The summed E-state index contributed by atoms with van der Waals surface area (Å²) in [7, 11) is 0. The highest BCUT2D eigenvalue weighted by Crippen LogP contribution is 2.24. The molecule has 1 atom stereocenters. The second kappa shape index (κ2) is 4.62. The van der Waals surface area contributed by atoms with E-state index in [-0.39, 0.29) is 18.4 Å². The Labute approximate surface area is 112 Å². The van der Waals surface area contributed by atoms with Crippen molar-refractivity contribution in [2.75, 3.05) is 0 Å². The molecule has 90 valence electrons. The number of benzene rings is 1. The van der Waals surface area contributed by atoms with E-state index in [9.17, 15) is 4.79 Å². The molecule has 6 heteroatoms. The Morgan fingerprint density at radius 1 is 1.65 bits per heavy atom. The van der Waals surface area contributed by atoms with E-state index >= 15 is 0 Å². The molecule has 0 aliphatic heterocycles. The van der Waals surface area contributed by atoms with Crippen LogP contribution in [0.15, 0.2) is 22.7 Å². The lowest BCUT2D eigenvalue weighted by atomic mass is 10.2. The maximum absolute atomic E-state index is 11.0. The van der Waals surface area contributed by atoms with E-state index in [0.717, 1.165) is 15.5 Å². The van der Waals surface area contributed by atoms with Gasteiger partial charge in [-0.05, 0) is 37.3 Å².